The maximum atomic E-state index is 13.1. The van der Waals surface area contributed by atoms with Gasteiger partial charge in [-0.2, -0.15) is 0 Å². The van der Waals surface area contributed by atoms with Crippen LogP contribution in [0.4, 0.5) is 14.5 Å². The number of nitrogen functional groups attached to an aromatic ring is 1. The van der Waals surface area contributed by atoms with E-state index < -0.39 is 28.2 Å². The number of hydrogen-bond donors (Lipinski definition) is 1. The normalized spacial score (nSPS) is 18.2. The minimum absolute atomic E-state index is 0.0155. The van der Waals surface area contributed by atoms with Gasteiger partial charge in [0.25, 0.3) is 11.8 Å². The molecule has 110 valence electrons. The Bertz CT molecular complexity index is 659. The summed E-state index contributed by atoms with van der Waals surface area (Å²) in [5.74, 6) is -3.49. The maximum Gasteiger partial charge on any atom is 0.267 e. The average molecular weight is 304 g/mol. The molecule has 0 radical (unpaired) electrons. The van der Waals surface area contributed by atoms with Gasteiger partial charge in [-0.1, -0.05) is 0 Å². The van der Waals surface area contributed by atoms with Crippen molar-refractivity contribution in [2.45, 2.75) is 17.2 Å². The van der Waals surface area contributed by atoms with Gasteiger partial charge < -0.3 is 10.6 Å². The maximum absolute atomic E-state index is 13.1. The summed E-state index contributed by atoms with van der Waals surface area (Å²) < 4.78 is 48.9. The van der Waals surface area contributed by atoms with Crippen molar-refractivity contribution in [2.75, 3.05) is 25.1 Å². The second-order valence-electron chi connectivity index (χ2n) is 4.85. The van der Waals surface area contributed by atoms with E-state index in [2.05, 4.69) is 0 Å². The number of hydrogen-bond acceptors (Lipinski definition) is 4. The number of alkyl halides is 2. The predicted molar refractivity (Wildman–Crippen MR) is 69.4 cm³/mol. The van der Waals surface area contributed by atoms with Gasteiger partial charge in [-0.3, -0.25) is 4.79 Å². The Kier molecular flexibility index (Phi) is 3.45. The van der Waals surface area contributed by atoms with Gasteiger partial charge in [0.2, 0.25) is 0 Å². The summed E-state index contributed by atoms with van der Waals surface area (Å²) in [5, 5.41) is 0. The molecule has 1 aromatic rings. The molecule has 2 N–H and O–H groups in total. The van der Waals surface area contributed by atoms with Gasteiger partial charge in [0.1, 0.15) is 0 Å². The van der Waals surface area contributed by atoms with Gasteiger partial charge >= 0.3 is 0 Å². The first-order valence-electron chi connectivity index (χ1n) is 5.87. The lowest BCUT2D eigenvalue weighted by Gasteiger charge is -2.17. The number of amides is 1. The topological polar surface area (TPSA) is 80.5 Å². The van der Waals surface area contributed by atoms with Crippen molar-refractivity contribution in [1.82, 2.24) is 4.90 Å². The summed E-state index contributed by atoms with van der Waals surface area (Å²) in [6, 6.07) is 3.66. The van der Waals surface area contributed by atoms with Crippen LogP contribution in [0.5, 0.6) is 0 Å². The lowest BCUT2D eigenvalue weighted by molar-refractivity contribution is 0.0120. The van der Waals surface area contributed by atoms with E-state index in [4.69, 9.17) is 5.73 Å². The van der Waals surface area contributed by atoms with Crippen molar-refractivity contribution in [3.8, 4) is 0 Å². The number of anilines is 1. The van der Waals surface area contributed by atoms with Crippen LogP contribution in [0, 0.1) is 0 Å². The van der Waals surface area contributed by atoms with Crippen molar-refractivity contribution in [2.24, 2.45) is 0 Å². The van der Waals surface area contributed by atoms with Gasteiger partial charge in [-0.25, -0.2) is 17.2 Å². The highest BCUT2D eigenvalue weighted by Crippen LogP contribution is 2.29. The summed E-state index contributed by atoms with van der Waals surface area (Å²) in [5.41, 5.74) is 5.66. The number of halogens is 2. The molecule has 0 saturated carbocycles. The SMILES string of the molecule is CS(=O)(=O)c1ccc(C(=O)N2CCC(F)(F)C2)c(N)c1. The van der Waals surface area contributed by atoms with Gasteiger partial charge in [0.15, 0.2) is 9.84 Å². The number of nitrogens with two attached hydrogens (primary N) is 1. The Labute approximate surface area is 115 Å². The zero-order valence-corrected chi connectivity index (χ0v) is 11.6. The number of likely N-dealkylation sites (tertiary alicyclic amines) is 1. The van der Waals surface area contributed by atoms with Crippen LogP contribution in [0.1, 0.15) is 16.8 Å². The average Bonchev–Trinajstić information content (AvgIpc) is 2.67. The number of carbonyl (C=O) groups is 1. The summed E-state index contributed by atoms with van der Waals surface area (Å²) in [7, 11) is -3.43. The Balaban J connectivity index is 2.28. The highest BCUT2D eigenvalue weighted by Gasteiger charge is 2.40. The Morgan fingerprint density at radius 1 is 1.40 bits per heavy atom. The van der Waals surface area contributed by atoms with E-state index in [0.717, 1.165) is 17.2 Å². The molecule has 1 fully saturated rings. The number of sulfone groups is 1. The van der Waals surface area contributed by atoms with Crippen LogP contribution < -0.4 is 5.73 Å². The van der Waals surface area contributed by atoms with E-state index in [1.807, 2.05) is 0 Å². The van der Waals surface area contributed by atoms with Crippen molar-refractivity contribution in [3.63, 3.8) is 0 Å². The van der Waals surface area contributed by atoms with Crippen molar-refractivity contribution in [1.29, 1.82) is 0 Å². The van der Waals surface area contributed by atoms with E-state index >= 15 is 0 Å². The zero-order valence-electron chi connectivity index (χ0n) is 10.8. The van der Waals surface area contributed by atoms with Crippen LogP contribution in [0.15, 0.2) is 23.1 Å². The molecule has 1 heterocycles. The molecule has 0 aromatic heterocycles. The van der Waals surface area contributed by atoms with Crippen LogP contribution in [0.3, 0.4) is 0 Å². The molecule has 1 aliphatic heterocycles. The quantitative estimate of drug-likeness (QED) is 0.831. The third-order valence-electron chi connectivity index (χ3n) is 3.14. The van der Waals surface area contributed by atoms with Crippen LogP contribution >= 0.6 is 0 Å². The molecule has 5 nitrogen and oxygen atoms in total. The third kappa shape index (κ3) is 2.90. The minimum atomic E-state index is -3.43. The zero-order chi connectivity index (χ0) is 15.1. The second-order valence-corrected chi connectivity index (χ2v) is 6.87. The first-order chi connectivity index (χ1) is 9.10. The van der Waals surface area contributed by atoms with Crippen LogP contribution in [-0.2, 0) is 9.84 Å². The second kappa shape index (κ2) is 4.69. The molecular formula is C12H14F2N2O3S. The molecule has 0 bridgehead atoms. The molecular weight excluding hydrogens is 290 g/mol. The van der Waals surface area contributed by atoms with Crippen LogP contribution in [0.25, 0.3) is 0 Å². The highest BCUT2D eigenvalue weighted by atomic mass is 32.2. The van der Waals surface area contributed by atoms with E-state index in [1.165, 1.54) is 12.1 Å². The molecule has 0 unspecified atom stereocenters. The van der Waals surface area contributed by atoms with Crippen LogP contribution in [-0.4, -0.2) is 44.5 Å². The van der Waals surface area contributed by atoms with Crippen molar-refractivity contribution >= 4 is 21.4 Å². The van der Waals surface area contributed by atoms with E-state index in [-0.39, 0.29) is 29.1 Å². The molecule has 1 amide bonds. The molecule has 0 spiro atoms. The van der Waals surface area contributed by atoms with E-state index in [0.29, 0.717) is 0 Å². The Morgan fingerprint density at radius 2 is 2.05 bits per heavy atom. The first-order valence-corrected chi connectivity index (χ1v) is 7.76. The van der Waals surface area contributed by atoms with Gasteiger partial charge in [-0.05, 0) is 18.2 Å². The summed E-state index contributed by atoms with van der Waals surface area (Å²) in [6.45, 7) is -0.682. The number of rotatable bonds is 2. The predicted octanol–water partition coefficient (Wildman–Crippen LogP) is 1.15. The smallest absolute Gasteiger partial charge is 0.267 e. The minimum Gasteiger partial charge on any atom is -0.398 e. The molecule has 8 heteroatoms. The molecule has 1 aliphatic rings. The molecule has 2 rings (SSSR count). The lowest BCUT2D eigenvalue weighted by atomic mass is 10.1. The fourth-order valence-electron chi connectivity index (χ4n) is 2.05. The first kappa shape index (κ1) is 14.7. The van der Waals surface area contributed by atoms with Crippen molar-refractivity contribution in [3.05, 3.63) is 23.8 Å². The molecule has 1 saturated heterocycles. The third-order valence-corrected chi connectivity index (χ3v) is 4.25. The highest BCUT2D eigenvalue weighted by molar-refractivity contribution is 7.90. The molecule has 0 aliphatic carbocycles. The molecule has 20 heavy (non-hydrogen) atoms. The van der Waals surface area contributed by atoms with E-state index in [1.54, 1.807) is 0 Å². The summed E-state index contributed by atoms with van der Waals surface area (Å²) in [6.07, 6.45) is 0.643. The monoisotopic (exact) mass is 304 g/mol. The van der Waals surface area contributed by atoms with Gasteiger partial charge in [0.05, 0.1) is 17.0 Å². The largest absolute Gasteiger partial charge is 0.398 e. The number of nitrogens with zero attached hydrogens (tertiary/aromatic N) is 1. The van der Waals surface area contributed by atoms with Gasteiger partial charge in [0, 0.05) is 24.9 Å². The lowest BCUT2D eigenvalue weighted by Crippen LogP contribution is -2.31. The number of benzene rings is 1. The number of carbonyl (C=O) groups excluding carboxylic acids is 1. The summed E-state index contributed by atoms with van der Waals surface area (Å²) >= 11 is 0. The van der Waals surface area contributed by atoms with Crippen molar-refractivity contribution < 1.29 is 22.0 Å². The van der Waals surface area contributed by atoms with E-state index in [9.17, 15) is 22.0 Å². The molecule has 0 atom stereocenters. The van der Waals surface area contributed by atoms with Gasteiger partial charge in [-0.15, -0.1) is 0 Å². The molecule has 1 aromatic carbocycles. The summed E-state index contributed by atoms with van der Waals surface area (Å²) in [4.78, 5) is 13.1. The van der Waals surface area contributed by atoms with Crippen LogP contribution in [0.2, 0.25) is 0 Å². The standard InChI is InChI=1S/C12H14F2N2O3S/c1-20(18,19)8-2-3-9(10(15)6-8)11(17)16-5-4-12(13,14)7-16/h2-3,6H,4-5,7,15H2,1H3. The fourth-order valence-corrected chi connectivity index (χ4v) is 2.70. The Hall–Kier alpha value is -1.70. The fraction of sp³-hybridized carbons (Fsp3) is 0.417. The Morgan fingerprint density at radius 3 is 2.50 bits per heavy atom.